The first-order valence-electron chi connectivity index (χ1n) is 3.80. The van der Waals surface area contributed by atoms with Gasteiger partial charge in [-0.15, -0.1) is 0 Å². The molecule has 0 saturated carbocycles. The summed E-state index contributed by atoms with van der Waals surface area (Å²) >= 11 is 5.57. The lowest BCUT2D eigenvalue weighted by molar-refractivity contribution is -0.385. The normalized spacial score (nSPS) is 9.67. The number of nitro groups is 1. The number of rotatable bonds is 4. The number of halogens is 1. The maximum Gasteiger partial charge on any atom is 0.341 e. The van der Waals surface area contributed by atoms with Crippen LogP contribution >= 0.6 is 11.6 Å². The minimum absolute atomic E-state index is 0.0945. The molecule has 0 bridgehead atoms. The third-order valence-corrected chi connectivity index (χ3v) is 1.79. The summed E-state index contributed by atoms with van der Waals surface area (Å²) in [7, 11) is 0. The second kappa shape index (κ2) is 4.61. The van der Waals surface area contributed by atoms with Crippen molar-refractivity contribution in [1.29, 1.82) is 0 Å². The molecule has 0 unspecified atom stereocenters. The van der Waals surface area contributed by atoms with Crippen LogP contribution in [0.4, 0.5) is 5.69 Å². The van der Waals surface area contributed by atoms with Gasteiger partial charge in [0.15, 0.2) is 12.4 Å². The van der Waals surface area contributed by atoms with Crippen molar-refractivity contribution in [2.24, 2.45) is 0 Å². The summed E-state index contributed by atoms with van der Waals surface area (Å²) < 4.78 is 4.72. The average molecular weight is 232 g/mol. The highest BCUT2D eigenvalue weighted by Gasteiger charge is 2.20. The minimum atomic E-state index is -1.22. The Hall–Kier alpha value is -1.82. The van der Waals surface area contributed by atoms with Gasteiger partial charge in [0.2, 0.25) is 0 Å². The van der Waals surface area contributed by atoms with Crippen LogP contribution in [0.25, 0.3) is 0 Å². The summed E-state index contributed by atoms with van der Waals surface area (Å²) in [5.74, 6) is -1.38. The van der Waals surface area contributed by atoms with Crippen LogP contribution in [-0.4, -0.2) is 22.6 Å². The number of carboxylic acid groups (broad SMARTS) is 1. The highest BCUT2D eigenvalue weighted by Crippen LogP contribution is 2.33. The Morgan fingerprint density at radius 3 is 2.80 bits per heavy atom. The molecule has 1 rings (SSSR count). The van der Waals surface area contributed by atoms with Crippen molar-refractivity contribution in [3.8, 4) is 5.75 Å². The second-order valence-corrected chi connectivity index (χ2v) is 2.93. The first-order chi connectivity index (χ1) is 7.02. The minimum Gasteiger partial charge on any atom is -0.479 e. The predicted molar refractivity (Wildman–Crippen MR) is 51.2 cm³/mol. The molecule has 0 aliphatic carbocycles. The van der Waals surface area contributed by atoms with E-state index in [1.54, 1.807) is 0 Å². The molecule has 1 aromatic rings. The fraction of sp³-hybridized carbons (Fsp3) is 0.125. The summed E-state index contributed by atoms with van der Waals surface area (Å²) in [6.07, 6.45) is 0. The zero-order valence-electron chi connectivity index (χ0n) is 7.34. The third kappa shape index (κ3) is 2.81. The third-order valence-electron chi connectivity index (χ3n) is 1.48. The van der Waals surface area contributed by atoms with E-state index in [-0.39, 0.29) is 10.8 Å². The van der Waals surface area contributed by atoms with Crippen molar-refractivity contribution in [2.45, 2.75) is 0 Å². The monoisotopic (exact) mass is 231 g/mol. The molecule has 15 heavy (non-hydrogen) atoms. The van der Waals surface area contributed by atoms with E-state index in [9.17, 15) is 14.9 Å². The topological polar surface area (TPSA) is 89.7 Å². The van der Waals surface area contributed by atoms with E-state index in [0.717, 1.165) is 0 Å². The Morgan fingerprint density at radius 2 is 2.27 bits per heavy atom. The maximum absolute atomic E-state index is 10.6. The van der Waals surface area contributed by atoms with Gasteiger partial charge in [-0.2, -0.15) is 0 Å². The van der Waals surface area contributed by atoms with Crippen molar-refractivity contribution in [1.82, 2.24) is 0 Å². The molecule has 0 atom stereocenters. The molecule has 0 aliphatic heterocycles. The average Bonchev–Trinajstić information content (AvgIpc) is 2.13. The Bertz CT molecular complexity index is 406. The van der Waals surface area contributed by atoms with Crippen LogP contribution in [0.15, 0.2) is 18.2 Å². The molecule has 0 heterocycles. The molecule has 0 saturated heterocycles. The Balaban J connectivity index is 3.01. The fourth-order valence-electron chi connectivity index (χ4n) is 0.929. The summed E-state index contributed by atoms with van der Waals surface area (Å²) in [5.41, 5.74) is -0.430. The van der Waals surface area contributed by atoms with E-state index in [0.29, 0.717) is 0 Å². The largest absolute Gasteiger partial charge is 0.479 e. The van der Waals surface area contributed by atoms with Crippen LogP contribution in [0.1, 0.15) is 0 Å². The zero-order valence-corrected chi connectivity index (χ0v) is 8.10. The van der Waals surface area contributed by atoms with Gasteiger partial charge < -0.3 is 9.84 Å². The summed E-state index contributed by atoms with van der Waals surface area (Å²) in [6.45, 7) is -0.652. The quantitative estimate of drug-likeness (QED) is 0.629. The Morgan fingerprint density at radius 1 is 1.60 bits per heavy atom. The van der Waals surface area contributed by atoms with Crippen molar-refractivity contribution in [2.75, 3.05) is 6.61 Å². The number of hydrogen-bond acceptors (Lipinski definition) is 4. The van der Waals surface area contributed by atoms with E-state index >= 15 is 0 Å². The van der Waals surface area contributed by atoms with Crippen molar-refractivity contribution >= 4 is 23.3 Å². The van der Waals surface area contributed by atoms with Crippen LogP contribution in [0.5, 0.6) is 5.75 Å². The fourth-order valence-corrected chi connectivity index (χ4v) is 1.16. The smallest absolute Gasteiger partial charge is 0.341 e. The van der Waals surface area contributed by atoms with E-state index in [2.05, 4.69) is 0 Å². The van der Waals surface area contributed by atoms with E-state index in [1.807, 2.05) is 0 Å². The van der Waals surface area contributed by atoms with Gasteiger partial charge >= 0.3 is 11.7 Å². The Kier molecular flexibility index (Phi) is 3.46. The van der Waals surface area contributed by atoms with Crippen molar-refractivity contribution in [3.05, 3.63) is 33.3 Å². The number of nitrogens with zero attached hydrogens (tertiary/aromatic N) is 1. The zero-order chi connectivity index (χ0) is 11.4. The van der Waals surface area contributed by atoms with Crippen LogP contribution < -0.4 is 4.74 Å². The van der Waals surface area contributed by atoms with Gasteiger partial charge in [0.25, 0.3) is 0 Å². The molecule has 1 aromatic carbocycles. The molecule has 0 aliphatic rings. The molecule has 6 nitrogen and oxygen atoms in total. The Labute approximate surface area is 89.2 Å². The number of aliphatic carboxylic acids is 1. The standard InChI is InChI=1S/C8H6ClNO5/c9-5-2-1-3-6(8(5)10(13)14)15-4-7(11)12/h1-3H,4H2,(H,11,12). The molecule has 0 amide bonds. The highest BCUT2D eigenvalue weighted by molar-refractivity contribution is 6.32. The summed E-state index contributed by atoms with van der Waals surface area (Å²) in [5, 5.41) is 18.8. The predicted octanol–water partition coefficient (Wildman–Crippen LogP) is 1.71. The molecule has 0 radical (unpaired) electrons. The molecule has 7 heteroatoms. The van der Waals surface area contributed by atoms with Crippen LogP contribution in [0.2, 0.25) is 5.02 Å². The number of carbonyl (C=O) groups is 1. The number of carboxylic acids is 1. The number of benzene rings is 1. The van der Waals surface area contributed by atoms with Gasteiger partial charge in [0, 0.05) is 0 Å². The van der Waals surface area contributed by atoms with Gasteiger partial charge in [-0.25, -0.2) is 4.79 Å². The number of nitro benzene ring substituents is 1. The number of hydrogen-bond donors (Lipinski definition) is 1. The van der Waals surface area contributed by atoms with E-state index in [1.165, 1.54) is 18.2 Å². The molecule has 0 aromatic heterocycles. The SMILES string of the molecule is O=C(O)COc1cccc(Cl)c1[N+](=O)[O-]. The van der Waals surface area contributed by atoms with Gasteiger partial charge in [-0.05, 0) is 12.1 Å². The van der Waals surface area contributed by atoms with Gasteiger partial charge in [-0.3, -0.25) is 10.1 Å². The number of para-hydroxylation sites is 1. The first-order valence-corrected chi connectivity index (χ1v) is 4.17. The lowest BCUT2D eigenvalue weighted by Crippen LogP contribution is -2.10. The van der Waals surface area contributed by atoms with Gasteiger partial charge in [0.05, 0.1) is 4.92 Å². The van der Waals surface area contributed by atoms with Crippen LogP contribution in [0.3, 0.4) is 0 Å². The van der Waals surface area contributed by atoms with Crippen molar-refractivity contribution in [3.63, 3.8) is 0 Å². The van der Waals surface area contributed by atoms with Crippen LogP contribution in [-0.2, 0) is 4.79 Å². The van der Waals surface area contributed by atoms with Crippen molar-refractivity contribution < 1.29 is 19.6 Å². The molecule has 0 spiro atoms. The summed E-state index contributed by atoms with van der Waals surface area (Å²) in [4.78, 5) is 20.1. The summed E-state index contributed by atoms with van der Waals surface area (Å²) in [6, 6.07) is 4.05. The van der Waals surface area contributed by atoms with Gasteiger partial charge in [0.1, 0.15) is 5.02 Å². The highest BCUT2D eigenvalue weighted by atomic mass is 35.5. The van der Waals surface area contributed by atoms with Crippen LogP contribution in [0, 0.1) is 10.1 Å². The molecule has 0 fully saturated rings. The second-order valence-electron chi connectivity index (χ2n) is 2.53. The molecule has 1 N–H and O–H groups in total. The first kappa shape index (κ1) is 11.3. The molecular formula is C8H6ClNO5. The molecule has 80 valence electrons. The lowest BCUT2D eigenvalue weighted by Gasteiger charge is -2.04. The van der Waals surface area contributed by atoms with E-state index < -0.39 is 23.2 Å². The van der Waals surface area contributed by atoms with E-state index in [4.69, 9.17) is 21.4 Å². The maximum atomic E-state index is 10.6. The molecular weight excluding hydrogens is 226 g/mol. The lowest BCUT2D eigenvalue weighted by atomic mass is 10.3. The van der Waals surface area contributed by atoms with Gasteiger partial charge in [-0.1, -0.05) is 17.7 Å². The number of ether oxygens (including phenoxy) is 1.